The lowest BCUT2D eigenvalue weighted by Gasteiger charge is -2.13. The molecule has 0 heterocycles. The summed E-state index contributed by atoms with van der Waals surface area (Å²) in [6, 6.07) is 5.28. The van der Waals surface area contributed by atoms with Gasteiger partial charge in [0.25, 0.3) is 0 Å². The summed E-state index contributed by atoms with van der Waals surface area (Å²) in [6.07, 6.45) is 3.19. The Kier molecular flexibility index (Phi) is 4.32. The van der Waals surface area contributed by atoms with E-state index in [-0.39, 0.29) is 5.25 Å². The predicted octanol–water partition coefficient (Wildman–Crippen LogP) is 1.87. The minimum absolute atomic E-state index is 0.359. The third kappa shape index (κ3) is 3.30. The van der Waals surface area contributed by atoms with Gasteiger partial charge in [0.05, 0.1) is 16.6 Å². The molecule has 1 amide bonds. The monoisotopic (exact) mass is 296 g/mol. The number of nitrogen functional groups attached to an aromatic ring is 1. The molecule has 1 aromatic carbocycles. The van der Waals surface area contributed by atoms with Crippen LogP contribution in [0.15, 0.2) is 18.2 Å². The molecule has 0 saturated heterocycles. The SMILES string of the molecule is Cc1cccc(N)c1NC(=O)CS(=O)(=O)C1CCCC1. The lowest BCUT2D eigenvalue weighted by molar-refractivity contribution is -0.113. The third-order valence-corrected chi connectivity index (χ3v) is 5.86. The third-order valence-electron chi connectivity index (χ3n) is 3.71. The van der Waals surface area contributed by atoms with E-state index in [0.29, 0.717) is 24.2 Å². The fraction of sp³-hybridized carbons (Fsp3) is 0.500. The van der Waals surface area contributed by atoms with Crippen molar-refractivity contribution in [1.82, 2.24) is 0 Å². The molecule has 0 radical (unpaired) electrons. The van der Waals surface area contributed by atoms with Crippen molar-refractivity contribution >= 4 is 27.1 Å². The van der Waals surface area contributed by atoms with Crippen LogP contribution in [-0.4, -0.2) is 25.3 Å². The predicted molar refractivity (Wildman–Crippen MR) is 80.3 cm³/mol. The lowest BCUT2D eigenvalue weighted by atomic mass is 10.1. The second-order valence-electron chi connectivity index (χ2n) is 5.30. The van der Waals surface area contributed by atoms with E-state index in [4.69, 9.17) is 5.73 Å². The van der Waals surface area contributed by atoms with Crippen LogP contribution in [0.25, 0.3) is 0 Å². The summed E-state index contributed by atoms with van der Waals surface area (Å²) in [4.78, 5) is 11.9. The first-order chi connectivity index (χ1) is 9.40. The molecule has 1 fully saturated rings. The van der Waals surface area contributed by atoms with Crippen LogP contribution in [0.1, 0.15) is 31.2 Å². The number of benzene rings is 1. The highest BCUT2D eigenvalue weighted by atomic mass is 32.2. The first-order valence-corrected chi connectivity index (χ1v) is 8.48. The summed E-state index contributed by atoms with van der Waals surface area (Å²) in [5, 5.41) is 2.26. The molecule has 0 unspecified atom stereocenters. The van der Waals surface area contributed by atoms with Crippen molar-refractivity contribution in [3.05, 3.63) is 23.8 Å². The molecule has 2 rings (SSSR count). The summed E-state index contributed by atoms with van der Waals surface area (Å²) in [5.41, 5.74) is 7.55. The van der Waals surface area contributed by atoms with E-state index in [1.807, 2.05) is 13.0 Å². The number of amides is 1. The maximum Gasteiger partial charge on any atom is 0.239 e. The van der Waals surface area contributed by atoms with Crippen molar-refractivity contribution in [3.8, 4) is 0 Å². The first kappa shape index (κ1) is 14.8. The second-order valence-corrected chi connectivity index (χ2v) is 7.58. The standard InChI is InChI=1S/C14H20N2O3S/c1-10-5-4-8-12(15)14(10)16-13(17)9-20(18,19)11-6-2-3-7-11/h4-5,8,11H,2-3,6-7,9,15H2,1H3,(H,16,17). The highest BCUT2D eigenvalue weighted by Gasteiger charge is 2.30. The number of nitrogens with two attached hydrogens (primary N) is 1. The number of hydrogen-bond acceptors (Lipinski definition) is 4. The number of nitrogens with one attached hydrogen (secondary N) is 1. The Morgan fingerprint density at radius 1 is 1.35 bits per heavy atom. The van der Waals surface area contributed by atoms with Crippen molar-refractivity contribution < 1.29 is 13.2 Å². The Labute approximate surface area is 119 Å². The first-order valence-electron chi connectivity index (χ1n) is 6.76. The molecule has 1 aromatic rings. The van der Waals surface area contributed by atoms with Gasteiger partial charge in [-0.1, -0.05) is 25.0 Å². The number of hydrogen-bond donors (Lipinski definition) is 2. The quantitative estimate of drug-likeness (QED) is 0.830. The van der Waals surface area contributed by atoms with Crippen LogP contribution in [0.4, 0.5) is 11.4 Å². The van der Waals surface area contributed by atoms with Gasteiger partial charge in [-0.15, -0.1) is 0 Å². The van der Waals surface area contributed by atoms with Gasteiger partial charge in [0.1, 0.15) is 5.75 Å². The Balaban J connectivity index is 2.06. The maximum absolute atomic E-state index is 12.1. The molecule has 1 saturated carbocycles. The lowest BCUT2D eigenvalue weighted by Crippen LogP contribution is -2.29. The number of carbonyl (C=O) groups is 1. The molecule has 0 bridgehead atoms. The molecule has 0 aromatic heterocycles. The molecule has 3 N–H and O–H groups in total. The molecule has 5 nitrogen and oxygen atoms in total. The fourth-order valence-electron chi connectivity index (χ4n) is 2.58. The number of aryl methyl sites for hydroxylation is 1. The average Bonchev–Trinajstić information content (AvgIpc) is 2.88. The summed E-state index contributed by atoms with van der Waals surface area (Å²) in [5.74, 6) is -0.983. The van der Waals surface area contributed by atoms with E-state index in [0.717, 1.165) is 18.4 Å². The van der Waals surface area contributed by atoms with E-state index in [2.05, 4.69) is 5.32 Å². The summed E-state index contributed by atoms with van der Waals surface area (Å²) in [6.45, 7) is 1.82. The second kappa shape index (κ2) is 5.83. The zero-order valence-electron chi connectivity index (χ0n) is 11.6. The summed E-state index contributed by atoms with van der Waals surface area (Å²) >= 11 is 0. The topological polar surface area (TPSA) is 89.3 Å². The van der Waals surface area contributed by atoms with E-state index in [9.17, 15) is 13.2 Å². The van der Waals surface area contributed by atoms with E-state index >= 15 is 0 Å². The van der Waals surface area contributed by atoms with Crippen molar-refractivity contribution in [2.75, 3.05) is 16.8 Å². The van der Waals surface area contributed by atoms with Crippen LogP contribution in [-0.2, 0) is 14.6 Å². The smallest absolute Gasteiger partial charge is 0.239 e. The Morgan fingerprint density at radius 2 is 2.00 bits per heavy atom. The van der Waals surface area contributed by atoms with Gasteiger partial charge in [-0.25, -0.2) is 8.42 Å². The number of carbonyl (C=O) groups excluding carboxylic acids is 1. The minimum atomic E-state index is -3.36. The van der Waals surface area contributed by atoms with Crippen LogP contribution in [0.2, 0.25) is 0 Å². The Morgan fingerprint density at radius 3 is 2.60 bits per heavy atom. The fourth-order valence-corrected chi connectivity index (χ4v) is 4.31. The van der Waals surface area contributed by atoms with Crippen molar-refractivity contribution in [2.24, 2.45) is 0 Å². The molecule has 1 aliphatic carbocycles. The highest BCUT2D eigenvalue weighted by molar-refractivity contribution is 7.92. The van der Waals surface area contributed by atoms with E-state index in [1.54, 1.807) is 12.1 Å². The Hall–Kier alpha value is -1.56. The van der Waals surface area contributed by atoms with Gasteiger partial charge in [-0.05, 0) is 31.4 Å². The van der Waals surface area contributed by atoms with Crippen LogP contribution >= 0.6 is 0 Å². The molecule has 0 atom stereocenters. The average molecular weight is 296 g/mol. The van der Waals surface area contributed by atoms with Gasteiger partial charge in [0.2, 0.25) is 5.91 Å². The van der Waals surface area contributed by atoms with Gasteiger partial charge < -0.3 is 11.1 Å². The van der Waals surface area contributed by atoms with Gasteiger partial charge in [-0.3, -0.25) is 4.79 Å². The summed E-state index contributed by atoms with van der Waals surface area (Å²) in [7, 11) is -3.36. The van der Waals surface area contributed by atoms with Gasteiger partial charge in [-0.2, -0.15) is 0 Å². The van der Waals surface area contributed by atoms with Crippen molar-refractivity contribution in [2.45, 2.75) is 37.9 Å². The molecule has 6 heteroatoms. The largest absolute Gasteiger partial charge is 0.397 e. The minimum Gasteiger partial charge on any atom is -0.397 e. The molecular formula is C14H20N2O3S. The van der Waals surface area contributed by atoms with Crippen LogP contribution < -0.4 is 11.1 Å². The Bertz CT molecular complexity index is 585. The molecule has 110 valence electrons. The molecule has 1 aliphatic rings. The maximum atomic E-state index is 12.1. The van der Waals surface area contributed by atoms with Gasteiger partial charge in [0, 0.05) is 0 Å². The zero-order valence-corrected chi connectivity index (χ0v) is 12.4. The number of sulfone groups is 1. The molecule has 20 heavy (non-hydrogen) atoms. The number of para-hydroxylation sites is 1. The molecule has 0 spiro atoms. The van der Waals surface area contributed by atoms with Crippen LogP contribution in [0.3, 0.4) is 0 Å². The van der Waals surface area contributed by atoms with Crippen LogP contribution in [0, 0.1) is 6.92 Å². The van der Waals surface area contributed by atoms with Gasteiger partial charge in [0.15, 0.2) is 9.84 Å². The molecule has 0 aliphatic heterocycles. The van der Waals surface area contributed by atoms with Gasteiger partial charge >= 0.3 is 0 Å². The van der Waals surface area contributed by atoms with Crippen molar-refractivity contribution in [3.63, 3.8) is 0 Å². The van der Waals surface area contributed by atoms with Crippen LogP contribution in [0.5, 0.6) is 0 Å². The number of rotatable bonds is 4. The summed E-state index contributed by atoms with van der Waals surface area (Å²) < 4.78 is 24.2. The molecular weight excluding hydrogens is 276 g/mol. The number of anilines is 2. The normalized spacial score (nSPS) is 16.2. The van der Waals surface area contributed by atoms with Crippen molar-refractivity contribution in [1.29, 1.82) is 0 Å². The van der Waals surface area contributed by atoms with E-state index in [1.165, 1.54) is 0 Å². The zero-order chi connectivity index (χ0) is 14.8. The highest BCUT2D eigenvalue weighted by Crippen LogP contribution is 2.26. The van der Waals surface area contributed by atoms with E-state index < -0.39 is 21.5 Å².